The molecule has 0 radical (unpaired) electrons. The van der Waals surface area contributed by atoms with Crippen molar-refractivity contribution in [1.29, 1.82) is 0 Å². The molecule has 0 spiro atoms. The molecule has 3 aromatic carbocycles. The SMILES string of the molecule is CC1CCCN(CCCOc2ccc(N3CCN(C(=O)c4cccc5ccccc45)CC3)cc2)C1. The van der Waals surface area contributed by atoms with Gasteiger partial charge in [0.25, 0.3) is 5.91 Å². The number of fused-ring (bicyclic) bond motifs is 1. The number of anilines is 1. The number of hydrogen-bond acceptors (Lipinski definition) is 4. The number of piperazine rings is 1. The van der Waals surface area contributed by atoms with Gasteiger partial charge < -0.3 is 19.4 Å². The van der Waals surface area contributed by atoms with E-state index < -0.39 is 0 Å². The molecule has 5 heteroatoms. The number of amides is 1. The normalized spacial score (nSPS) is 19.2. The average Bonchev–Trinajstić information content (AvgIpc) is 2.91. The van der Waals surface area contributed by atoms with Crippen LogP contribution in [0.25, 0.3) is 10.8 Å². The second kappa shape index (κ2) is 11.1. The zero-order valence-electron chi connectivity index (χ0n) is 20.9. The van der Waals surface area contributed by atoms with E-state index in [2.05, 4.69) is 53.1 Å². The third-order valence-corrected chi connectivity index (χ3v) is 7.42. The van der Waals surface area contributed by atoms with Crippen molar-refractivity contribution in [2.45, 2.75) is 26.2 Å². The number of rotatable bonds is 7. The molecule has 0 saturated carbocycles. The van der Waals surface area contributed by atoms with Crippen molar-refractivity contribution in [1.82, 2.24) is 9.80 Å². The summed E-state index contributed by atoms with van der Waals surface area (Å²) in [7, 11) is 0. The average molecular weight is 472 g/mol. The van der Waals surface area contributed by atoms with E-state index in [0.29, 0.717) is 0 Å². The van der Waals surface area contributed by atoms with Crippen LogP contribution in [-0.4, -0.2) is 68.1 Å². The van der Waals surface area contributed by atoms with Crippen LogP contribution in [0.2, 0.25) is 0 Å². The molecular formula is C30H37N3O2. The van der Waals surface area contributed by atoms with Gasteiger partial charge in [0.15, 0.2) is 0 Å². The monoisotopic (exact) mass is 471 g/mol. The highest BCUT2D eigenvalue weighted by Crippen LogP contribution is 2.24. The predicted molar refractivity (Wildman–Crippen MR) is 143 cm³/mol. The lowest BCUT2D eigenvalue weighted by Crippen LogP contribution is -2.48. The molecule has 2 heterocycles. The van der Waals surface area contributed by atoms with Gasteiger partial charge in [0.05, 0.1) is 6.61 Å². The number of carbonyl (C=O) groups is 1. The molecule has 184 valence electrons. The molecule has 1 unspecified atom stereocenters. The summed E-state index contributed by atoms with van der Waals surface area (Å²) >= 11 is 0. The van der Waals surface area contributed by atoms with Crippen LogP contribution < -0.4 is 9.64 Å². The van der Waals surface area contributed by atoms with E-state index in [4.69, 9.17) is 4.74 Å². The first-order valence-electron chi connectivity index (χ1n) is 13.1. The number of piperidine rings is 1. The quantitative estimate of drug-likeness (QED) is 0.438. The minimum atomic E-state index is 0.129. The highest BCUT2D eigenvalue weighted by molar-refractivity contribution is 6.07. The van der Waals surface area contributed by atoms with E-state index >= 15 is 0 Å². The molecule has 2 saturated heterocycles. The maximum Gasteiger partial charge on any atom is 0.254 e. The maximum atomic E-state index is 13.2. The van der Waals surface area contributed by atoms with E-state index in [0.717, 1.165) is 73.8 Å². The zero-order chi connectivity index (χ0) is 24.0. The number of carbonyl (C=O) groups excluding carboxylic acids is 1. The Morgan fingerprint density at radius 3 is 2.49 bits per heavy atom. The topological polar surface area (TPSA) is 36.0 Å². The summed E-state index contributed by atoms with van der Waals surface area (Å²) in [4.78, 5) is 20.1. The van der Waals surface area contributed by atoms with E-state index in [1.807, 2.05) is 35.2 Å². The zero-order valence-corrected chi connectivity index (χ0v) is 20.9. The second-order valence-electron chi connectivity index (χ2n) is 10.0. The predicted octanol–water partition coefficient (Wildman–Crippen LogP) is 5.30. The summed E-state index contributed by atoms with van der Waals surface area (Å²) in [5, 5.41) is 2.14. The molecule has 1 amide bonds. The Hall–Kier alpha value is -3.05. The fraction of sp³-hybridized carbons (Fsp3) is 0.433. The van der Waals surface area contributed by atoms with Gasteiger partial charge in [-0.3, -0.25) is 4.79 Å². The Balaban J connectivity index is 1.09. The van der Waals surface area contributed by atoms with Gasteiger partial charge in [-0.05, 0) is 72.8 Å². The van der Waals surface area contributed by atoms with Crippen LogP contribution in [0.1, 0.15) is 36.5 Å². The number of benzene rings is 3. The molecular weight excluding hydrogens is 434 g/mol. The lowest BCUT2D eigenvalue weighted by atomic mass is 10.0. The fourth-order valence-electron chi connectivity index (χ4n) is 5.47. The summed E-state index contributed by atoms with van der Waals surface area (Å²) < 4.78 is 6.00. The van der Waals surface area contributed by atoms with Crippen molar-refractivity contribution in [2.24, 2.45) is 5.92 Å². The summed E-state index contributed by atoms with van der Waals surface area (Å²) in [6.45, 7) is 9.85. The standard InChI is InChI=1S/C30H37N3O2/c1-24-7-5-16-31(23-24)17-6-22-35-27-14-12-26(13-15-27)32-18-20-33(21-19-32)30(34)29-11-4-9-25-8-2-3-10-28(25)29/h2-4,8-15,24H,5-7,16-23H2,1H3. The van der Waals surface area contributed by atoms with E-state index in [-0.39, 0.29) is 5.91 Å². The lowest BCUT2D eigenvalue weighted by molar-refractivity contribution is 0.0749. The smallest absolute Gasteiger partial charge is 0.254 e. The van der Waals surface area contributed by atoms with Crippen LogP contribution in [0, 0.1) is 5.92 Å². The molecule has 1 atom stereocenters. The van der Waals surface area contributed by atoms with Gasteiger partial charge in [0.2, 0.25) is 0 Å². The Labute approximate surface area is 209 Å². The van der Waals surface area contributed by atoms with E-state index in [9.17, 15) is 4.79 Å². The van der Waals surface area contributed by atoms with Crippen molar-refractivity contribution < 1.29 is 9.53 Å². The lowest BCUT2D eigenvalue weighted by Gasteiger charge is -2.36. The molecule has 3 aromatic rings. The first-order valence-corrected chi connectivity index (χ1v) is 13.1. The molecule has 5 nitrogen and oxygen atoms in total. The summed E-state index contributed by atoms with van der Waals surface area (Å²) in [5.41, 5.74) is 1.99. The third kappa shape index (κ3) is 5.79. The van der Waals surface area contributed by atoms with Crippen LogP contribution in [0.15, 0.2) is 66.7 Å². The number of ether oxygens (including phenoxy) is 1. The first kappa shape index (κ1) is 23.7. The molecule has 35 heavy (non-hydrogen) atoms. The summed E-state index contributed by atoms with van der Waals surface area (Å²) in [6, 6.07) is 22.5. The van der Waals surface area contributed by atoms with Gasteiger partial charge in [-0.1, -0.05) is 43.3 Å². The van der Waals surface area contributed by atoms with Gasteiger partial charge in [0.1, 0.15) is 5.75 Å². The molecule has 0 aromatic heterocycles. The molecule has 2 fully saturated rings. The maximum absolute atomic E-state index is 13.2. The minimum absolute atomic E-state index is 0.129. The van der Waals surface area contributed by atoms with Gasteiger partial charge in [0, 0.05) is 50.5 Å². The van der Waals surface area contributed by atoms with Gasteiger partial charge in [-0.15, -0.1) is 0 Å². The van der Waals surface area contributed by atoms with Crippen molar-refractivity contribution in [3.63, 3.8) is 0 Å². The summed E-state index contributed by atoms with van der Waals surface area (Å²) in [6.07, 6.45) is 3.77. The fourth-order valence-corrected chi connectivity index (χ4v) is 5.47. The molecule has 2 aliphatic heterocycles. The molecule has 0 N–H and O–H groups in total. The second-order valence-corrected chi connectivity index (χ2v) is 10.0. The minimum Gasteiger partial charge on any atom is -0.494 e. The Morgan fingerprint density at radius 1 is 0.914 bits per heavy atom. The Bertz CT molecular complexity index is 1120. The first-order chi connectivity index (χ1) is 17.2. The van der Waals surface area contributed by atoms with E-state index in [1.165, 1.54) is 31.6 Å². The number of likely N-dealkylation sites (tertiary alicyclic amines) is 1. The van der Waals surface area contributed by atoms with Crippen molar-refractivity contribution >= 4 is 22.4 Å². The number of nitrogens with zero attached hydrogens (tertiary/aromatic N) is 3. The van der Waals surface area contributed by atoms with Crippen molar-refractivity contribution in [3.8, 4) is 5.75 Å². The van der Waals surface area contributed by atoms with Crippen LogP contribution in [0.5, 0.6) is 5.75 Å². The van der Waals surface area contributed by atoms with Crippen LogP contribution in [-0.2, 0) is 0 Å². The Morgan fingerprint density at radius 2 is 1.69 bits per heavy atom. The highest BCUT2D eigenvalue weighted by atomic mass is 16.5. The number of hydrogen-bond donors (Lipinski definition) is 0. The van der Waals surface area contributed by atoms with Gasteiger partial charge in [-0.2, -0.15) is 0 Å². The van der Waals surface area contributed by atoms with Crippen molar-refractivity contribution in [2.75, 3.05) is 57.3 Å². The van der Waals surface area contributed by atoms with Crippen LogP contribution in [0.3, 0.4) is 0 Å². The van der Waals surface area contributed by atoms with E-state index in [1.54, 1.807) is 0 Å². The largest absolute Gasteiger partial charge is 0.494 e. The molecule has 0 aliphatic carbocycles. The molecule has 0 bridgehead atoms. The van der Waals surface area contributed by atoms with Crippen LogP contribution >= 0.6 is 0 Å². The summed E-state index contributed by atoms with van der Waals surface area (Å²) in [5.74, 6) is 1.89. The van der Waals surface area contributed by atoms with Crippen molar-refractivity contribution in [3.05, 3.63) is 72.3 Å². The Kier molecular flexibility index (Phi) is 7.53. The molecule has 5 rings (SSSR count). The third-order valence-electron chi connectivity index (χ3n) is 7.42. The van der Waals surface area contributed by atoms with Crippen LogP contribution in [0.4, 0.5) is 5.69 Å². The molecule has 2 aliphatic rings. The highest BCUT2D eigenvalue weighted by Gasteiger charge is 2.23. The van der Waals surface area contributed by atoms with Gasteiger partial charge >= 0.3 is 0 Å². The van der Waals surface area contributed by atoms with Gasteiger partial charge in [-0.25, -0.2) is 0 Å².